The van der Waals surface area contributed by atoms with Gasteiger partial charge < -0.3 is 16.2 Å². The molecule has 0 aliphatic carbocycles. The summed E-state index contributed by atoms with van der Waals surface area (Å²) in [4.78, 5) is 0. The van der Waals surface area contributed by atoms with Crippen LogP contribution >= 0.6 is 27.3 Å². The van der Waals surface area contributed by atoms with Crippen molar-refractivity contribution in [2.75, 3.05) is 18.5 Å². The Morgan fingerprint density at radius 2 is 2.50 bits per heavy atom. The molecule has 12 heavy (non-hydrogen) atoms. The Morgan fingerprint density at radius 3 is 3.00 bits per heavy atom. The van der Waals surface area contributed by atoms with Crippen molar-refractivity contribution in [2.24, 2.45) is 5.73 Å². The number of nitrogens with two attached hydrogens (primary N) is 1. The van der Waals surface area contributed by atoms with E-state index in [0.717, 1.165) is 9.47 Å². The number of aliphatic hydroxyl groups is 1. The summed E-state index contributed by atoms with van der Waals surface area (Å²) in [5.41, 5.74) is 5.51. The average molecular weight is 251 g/mol. The van der Waals surface area contributed by atoms with Crippen LogP contribution in [0.4, 0.5) is 5.00 Å². The molecule has 0 amide bonds. The molecule has 0 aromatic carbocycles. The number of thiophene rings is 1. The maximum absolute atomic E-state index is 8.65. The maximum Gasteiger partial charge on any atom is 0.0894 e. The number of rotatable bonds is 4. The van der Waals surface area contributed by atoms with E-state index < -0.39 is 0 Å². The highest BCUT2D eigenvalue weighted by Crippen LogP contribution is 2.23. The van der Waals surface area contributed by atoms with Gasteiger partial charge in [-0.15, -0.1) is 11.3 Å². The van der Waals surface area contributed by atoms with Crippen LogP contribution in [0, 0.1) is 0 Å². The Kier molecular flexibility index (Phi) is 4.00. The Bertz CT molecular complexity index is 241. The first kappa shape index (κ1) is 9.98. The zero-order chi connectivity index (χ0) is 8.97. The van der Waals surface area contributed by atoms with Crippen LogP contribution in [0.3, 0.4) is 0 Å². The fourth-order valence-corrected chi connectivity index (χ4v) is 2.03. The lowest BCUT2D eigenvalue weighted by atomic mass is 10.3. The molecule has 1 unspecified atom stereocenters. The van der Waals surface area contributed by atoms with E-state index in [1.54, 1.807) is 11.3 Å². The van der Waals surface area contributed by atoms with Crippen LogP contribution in [-0.4, -0.2) is 24.3 Å². The highest BCUT2D eigenvalue weighted by Gasteiger charge is 2.00. The van der Waals surface area contributed by atoms with Crippen LogP contribution in [0.5, 0.6) is 0 Å². The van der Waals surface area contributed by atoms with Crippen molar-refractivity contribution in [2.45, 2.75) is 6.04 Å². The molecule has 0 bridgehead atoms. The van der Waals surface area contributed by atoms with Gasteiger partial charge in [0.2, 0.25) is 0 Å². The topological polar surface area (TPSA) is 58.3 Å². The van der Waals surface area contributed by atoms with Crippen molar-refractivity contribution in [1.29, 1.82) is 0 Å². The van der Waals surface area contributed by atoms with Gasteiger partial charge in [-0.05, 0) is 22.0 Å². The number of anilines is 1. The summed E-state index contributed by atoms with van der Waals surface area (Å²) in [5.74, 6) is 0. The largest absolute Gasteiger partial charge is 0.395 e. The molecule has 0 fully saturated rings. The summed E-state index contributed by atoms with van der Waals surface area (Å²) in [6, 6.07) is 1.79. The molecule has 1 rings (SSSR count). The predicted molar refractivity (Wildman–Crippen MR) is 55.6 cm³/mol. The highest BCUT2D eigenvalue weighted by molar-refractivity contribution is 9.10. The minimum Gasteiger partial charge on any atom is -0.395 e. The Morgan fingerprint density at radius 1 is 1.75 bits per heavy atom. The molecule has 68 valence electrons. The summed E-state index contributed by atoms with van der Waals surface area (Å²) in [6.45, 7) is 0.614. The lowest BCUT2D eigenvalue weighted by Gasteiger charge is -2.08. The monoisotopic (exact) mass is 250 g/mol. The lowest BCUT2D eigenvalue weighted by molar-refractivity contribution is 0.270. The molecular formula is C7H11BrN2OS. The first-order valence-electron chi connectivity index (χ1n) is 3.56. The third kappa shape index (κ3) is 3.10. The first-order chi connectivity index (χ1) is 5.72. The van der Waals surface area contributed by atoms with Gasteiger partial charge in [0.15, 0.2) is 0 Å². The van der Waals surface area contributed by atoms with Gasteiger partial charge in [-0.25, -0.2) is 0 Å². The van der Waals surface area contributed by atoms with Crippen molar-refractivity contribution in [3.63, 3.8) is 0 Å². The Balaban J connectivity index is 2.33. The quantitative estimate of drug-likeness (QED) is 0.754. The second-order valence-corrected chi connectivity index (χ2v) is 4.28. The third-order valence-corrected chi connectivity index (χ3v) is 2.99. The van der Waals surface area contributed by atoms with Crippen molar-refractivity contribution in [1.82, 2.24) is 0 Å². The number of hydrogen-bond acceptors (Lipinski definition) is 4. The fourth-order valence-electron chi connectivity index (χ4n) is 0.702. The normalized spacial score (nSPS) is 12.9. The molecule has 1 atom stereocenters. The smallest absolute Gasteiger partial charge is 0.0894 e. The van der Waals surface area contributed by atoms with E-state index >= 15 is 0 Å². The molecular weight excluding hydrogens is 240 g/mol. The molecule has 4 N–H and O–H groups in total. The van der Waals surface area contributed by atoms with Crippen molar-refractivity contribution in [3.8, 4) is 0 Å². The van der Waals surface area contributed by atoms with Crippen LogP contribution < -0.4 is 11.1 Å². The van der Waals surface area contributed by atoms with E-state index in [2.05, 4.69) is 21.2 Å². The number of hydrogen-bond donors (Lipinski definition) is 3. The summed E-state index contributed by atoms with van der Waals surface area (Å²) in [5, 5.41) is 14.8. The zero-order valence-electron chi connectivity index (χ0n) is 6.46. The van der Waals surface area contributed by atoms with Crippen LogP contribution in [0.15, 0.2) is 15.9 Å². The van der Waals surface area contributed by atoms with E-state index in [0.29, 0.717) is 6.54 Å². The first-order valence-corrected chi connectivity index (χ1v) is 5.24. The van der Waals surface area contributed by atoms with E-state index in [4.69, 9.17) is 10.8 Å². The van der Waals surface area contributed by atoms with Gasteiger partial charge >= 0.3 is 0 Å². The van der Waals surface area contributed by atoms with Crippen molar-refractivity contribution < 1.29 is 5.11 Å². The fraction of sp³-hybridized carbons (Fsp3) is 0.429. The molecule has 5 heteroatoms. The molecule has 0 spiro atoms. The van der Waals surface area contributed by atoms with E-state index in [-0.39, 0.29) is 12.6 Å². The van der Waals surface area contributed by atoms with Crippen molar-refractivity contribution in [3.05, 3.63) is 15.9 Å². The number of halogens is 1. The number of aliphatic hydroxyl groups excluding tert-OH is 1. The van der Waals surface area contributed by atoms with Gasteiger partial charge in [-0.1, -0.05) is 0 Å². The Labute approximate surface area is 83.7 Å². The molecule has 1 heterocycles. The zero-order valence-corrected chi connectivity index (χ0v) is 8.86. The molecule has 0 saturated carbocycles. The highest BCUT2D eigenvalue weighted by atomic mass is 79.9. The van der Waals surface area contributed by atoms with Crippen molar-refractivity contribution >= 4 is 32.3 Å². The molecule has 3 nitrogen and oxygen atoms in total. The molecule has 1 aromatic rings. The minimum atomic E-state index is -0.189. The minimum absolute atomic E-state index is 0.0134. The SMILES string of the molecule is NC(CO)CNc1cc(Br)cs1. The van der Waals surface area contributed by atoms with E-state index in [1.807, 2.05) is 11.4 Å². The Hall–Kier alpha value is -0.100. The second kappa shape index (κ2) is 4.81. The van der Waals surface area contributed by atoms with Gasteiger partial charge in [0.1, 0.15) is 0 Å². The summed E-state index contributed by atoms with van der Waals surface area (Å²) in [7, 11) is 0. The van der Waals surface area contributed by atoms with Crippen LogP contribution in [0.1, 0.15) is 0 Å². The molecule has 0 saturated heterocycles. The van der Waals surface area contributed by atoms with Gasteiger partial charge in [0.25, 0.3) is 0 Å². The average Bonchev–Trinajstić information content (AvgIpc) is 2.47. The molecule has 0 radical (unpaired) electrons. The second-order valence-electron chi connectivity index (χ2n) is 2.45. The lowest BCUT2D eigenvalue weighted by Crippen LogP contribution is -2.32. The predicted octanol–water partition coefficient (Wildman–Crippen LogP) is 1.24. The summed E-state index contributed by atoms with van der Waals surface area (Å²) < 4.78 is 1.06. The number of nitrogens with one attached hydrogen (secondary N) is 1. The molecule has 0 aliphatic heterocycles. The van der Waals surface area contributed by atoms with Gasteiger partial charge in [-0.2, -0.15) is 0 Å². The van der Waals surface area contributed by atoms with Gasteiger partial charge in [0.05, 0.1) is 11.6 Å². The summed E-state index contributed by atoms with van der Waals surface area (Å²) >= 11 is 4.95. The summed E-state index contributed by atoms with van der Waals surface area (Å²) in [6.07, 6.45) is 0. The van der Waals surface area contributed by atoms with Crippen LogP contribution in [0.25, 0.3) is 0 Å². The van der Waals surface area contributed by atoms with E-state index in [9.17, 15) is 0 Å². The van der Waals surface area contributed by atoms with E-state index in [1.165, 1.54) is 0 Å². The van der Waals surface area contributed by atoms with Crippen LogP contribution in [-0.2, 0) is 0 Å². The van der Waals surface area contributed by atoms with Gasteiger partial charge in [0, 0.05) is 22.4 Å². The van der Waals surface area contributed by atoms with Gasteiger partial charge in [-0.3, -0.25) is 0 Å². The molecule has 0 aliphatic rings. The maximum atomic E-state index is 8.65. The van der Waals surface area contributed by atoms with Crippen LogP contribution in [0.2, 0.25) is 0 Å². The molecule has 1 aromatic heterocycles. The standard InChI is InChI=1S/C7H11BrN2OS/c8-5-1-7(12-4-5)10-2-6(9)3-11/h1,4,6,10-11H,2-3,9H2. The third-order valence-electron chi connectivity index (χ3n) is 1.34.